The second-order valence-electron chi connectivity index (χ2n) is 2.16. The Hall–Kier alpha value is -0.0800. The first-order valence-electron chi connectivity index (χ1n) is 3.21. The van der Waals surface area contributed by atoms with Gasteiger partial charge in [0.25, 0.3) is 0 Å². The summed E-state index contributed by atoms with van der Waals surface area (Å²) < 4.78 is 10.8. The molecule has 6 heteroatoms. The van der Waals surface area contributed by atoms with Gasteiger partial charge in [-0.1, -0.05) is 6.07 Å². The standard InChI is InChI=1S/C6H7Cl2N2OP/c7-12(8,11)10-5-6-2-1-3-9-4-6/h1-4H,5H2,(H,10,11). The van der Waals surface area contributed by atoms with E-state index in [1.165, 1.54) is 0 Å². The fraction of sp³-hybridized carbons (Fsp3) is 0.167. The van der Waals surface area contributed by atoms with Gasteiger partial charge in [0, 0.05) is 18.9 Å². The topological polar surface area (TPSA) is 42.0 Å². The van der Waals surface area contributed by atoms with Gasteiger partial charge in [0.2, 0.25) is 0 Å². The lowest BCUT2D eigenvalue weighted by atomic mass is 10.3. The minimum absolute atomic E-state index is 0.359. The third kappa shape index (κ3) is 4.07. The van der Waals surface area contributed by atoms with Crippen molar-refractivity contribution in [3.63, 3.8) is 0 Å². The minimum Gasteiger partial charge on any atom is -0.271 e. The van der Waals surface area contributed by atoms with Crippen molar-refractivity contribution >= 4 is 28.5 Å². The molecule has 12 heavy (non-hydrogen) atoms. The number of nitrogens with zero attached hydrogens (tertiary/aromatic N) is 1. The molecule has 0 aliphatic carbocycles. The van der Waals surface area contributed by atoms with Crippen LogP contribution in [-0.2, 0) is 11.1 Å². The number of hydrogen-bond donors (Lipinski definition) is 1. The highest BCUT2D eigenvalue weighted by molar-refractivity contribution is 8.07. The van der Waals surface area contributed by atoms with Crippen molar-refractivity contribution in [2.24, 2.45) is 0 Å². The predicted octanol–water partition coefficient (Wildman–Crippen LogP) is 2.76. The second kappa shape index (κ2) is 4.24. The summed E-state index contributed by atoms with van der Waals surface area (Å²) >= 11 is 10.5. The van der Waals surface area contributed by atoms with Gasteiger partial charge in [-0.2, -0.15) is 0 Å². The Labute approximate surface area is 80.1 Å². The molecule has 1 N–H and O–H groups in total. The number of hydrogen-bond acceptors (Lipinski definition) is 2. The van der Waals surface area contributed by atoms with Crippen LogP contribution in [0.4, 0.5) is 0 Å². The zero-order valence-corrected chi connectivity index (χ0v) is 8.48. The summed E-state index contributed by atoms with van der Waals surface area (Å²) in [5, 5.41) is 2.48. The summed E-state index contributed by atoms with van der Waals surface area (Å²) in [5.74, 6) is -3.16. The lowest BCUT2D eigenvalue weighted by Gasteiger charge is -2.03. The number of nitrogens with one attached hydrogen (secondary N) is 1. The van der Waals surface area contributed by atoms with Gasteiger partial charge in [-0.3, -0.25) is 9.55 Å². The van der Waals surface area contributed by atoms with Crippen LogP contribution in [0.3, 0.4) is 0 Å². The summed E-state index contributed by atoms with van der Waals surface area (Å²) in [6.07, 6.45) is 3.31. The highest BCUT2D eigenvalue weighted by Gasteiger charge is 2.11. The van der Waals surface area contributed by atoms with E-state index in [4.69, 9.17) is 22.5 Å². The van der Waals surface area contributed by atoms with Crippen LogP contribution < -0.4 is 5.09 Å². The van der Waals surface area contributed by atoms with E-state index in [0.717, 1.165) is 5.56 Å². The van der Waals surface area contributed by atoms with E-state index in [0.29, 0.717) is 6.54 Å². The predicted molar refractivity (Wildman–Crippen MR) is 50.4 cm³/mol. The van der Waals surface area contributed by atoms with E-state index in [9.17, 15) is 4.57 Å². The first kappa shape index (κ1) is 10.0. The number of halogens is 2. The molecule has 0 unspecified atom stereocenters. The number of aromatic nitrogens is 1. The van der Waals surface area contributed by atoms with Crippen molar-refractivity contribution in [1.29, 1.82) is 0 Å². The average molecular weight is 225 g/mol. The third-order valence-corrected chi connectivity index (χ3v) is 2.43. The second-order valence-corrected chi connectivity index (χ2v) is 6.77. The van der Waals surface area contributed by atoms with Gasteiger partial charge in [-0.15, -0.1) is 0 Å². The van der Waals surface area contributed by atoms with Crippen molar-refractivity contribution in [1.82, 2.24) is 10.1 Å². The molecule has 1 heterocycles. The maximum atomic E-state index is 10.8. The molecule has 1 rings (SSSR count). The molecule has 66 valence electrons. The summed E-state index contributed by atoms with van der Waals surface area (Å²) in [5.41, 5.74) is 0.888. The molecule has 3 nitrogen and oxygen atoms in total. The fourth-order valence-electron chi connectivity index (χ4n) is 0.686. The summed E-state index contributed by atoms with van der Waals surface area (Å²) in [6, 6.07) is 3.62. The molecule has 0 fully saturated rings. The van der Waals surface area contributed by atoms with Crippen molar-refractivity contribution in [3.05, 3.63) is 30.1 Å². The Bertz CT molecular complexity index is 287. The van der Waals surface area contributed by atoms with Crippen molar-refractivity contribution in [2.45, 2.75) is 6.54 Å². The van der Waals surface area contributed by atoms with Gasteiger partial charge in [-0.25, -0.2) is 5.09 Å². The molecule has 0 aliphatic rings. The van der Waals surface area contributed by atoms with Crippen molar-refractivity contribution in [2.75, 3.05) is 0 Å². The summed E-state index contributed by atoms with van der Waals surface area (Å²) in [4.78, 5) is 3.87. The molecule has 0 atom stereocenters. The fourth-order valence-corrected chi connectivity index (χ4v) is 1.41. The van der Waals surface area contributed by atoms with Gasteiger partial charge in [0.05, 0.1) is 0 Å². The van der Waals surface area contributed by atoms with Gasteiger partial charge in [-0.05, 0) is 34.1 Å². The van der Waals surface area contributed by atoms with E-state index in [2.05, 4.69) is 10.1 Å². The maximum absolute atomic E-state index is 10.8. The molecule has 0 aliphatic heterocycles. The number of pyridine rings is 1. The zero-order valence-electron chi connectivity index (χ0n) is 6.08. The van der Waals surface area contributed by atoms with Gasteiger partial charge in [0.1, 0.15) is 0 Å². The molecule has 1 aromatic heterocycles. The normalized spacial score (nSPS) is 11.5. The summed E-state index contributed by atoms with van der Waals surface area (Å²) in [6.45, 7) is 0.359. The lowest BCUT2D eigenvalue weighted by molar-refractivity contribution is 0.584. The first-order chi connectivity index (χ1) is 5.58. The van der Waals surface area contributed by atoms with E-state index >= 15 is 0 Å². The first-order valence-corrected chi connectivity index (χ1v) is 6.73. The molecule has 0 aromatic carbocycles. The maximum Gasteiger partial charge on any atom is 0.319 e. The minimum atomic E-state index is -3.16. The van der Waals surface area contributed by atoms with Crippen LogP contribution in [0.25, 0.3) is 0 Å². The smallest absolute Gasteiger partial charge is 0.271 e. The largest absolute Gasteiger partial charge is 0.319 e. The Balaban J connectivity index is 2.50. The van der Waals surface area contributed by atoms with Crippen molar-refractivity contribution in [3.8, 4) is 0 Å². The van der Waals surface area contributed by atoms with Gasteiger partial charge >= 0.3 is 6.00 Å². The highest BCUT2D eigenvalue weighted by atomic mass is 35.9. The monoisotopic (exact) mass is 224 g/mol. The Kier molecular flexibility index (Phi) is 3.53. The van der Waals surface area contributed by atoms with Crippen LogP contribution in [-0.4, -0.2) is 4.98 Å². The molecule has 0 saturated heterocycles. The molecule has 0 bridgehead atoms. The molecular formula is C6H7Cl2N2OP. The van der Waals surface area contributed by atoms with Crippen molar-refractivity contribution < 1.29 is 4.57 Å². The van der Waals surface area contributed by atoms with Crippen LogP contribution in [0, 0.1) is 0 Å². The Morgan fingerprint density at radius 2 is 2.33 bits per heavy atom. The van der Waals surface area contributed by atoms with Gasteiger partial charge in [0.15, 0.2) is 0 Å². The van der Waals surface area contributed by atoms with Gasteiger partial charge < -0.3 is 0 Å². The molecule has 0 amide bonds. The molecular weight excluding hydrogens is 218 g/mol. The van der Waals surface area contributed by atoms with Crippen LogP contribution in [0.15, 0.2) is 24.5 Å². The van der Waals surface area contributed by atoms with E-state index in [1.54, 1.807) is 18.5 Å². The molecule has 0 spiro atoms. The Morgan fingerprint density at radius 1 is 1.58 bits per heavy atom. The molecule has 1 aromatic rings. The Morgan fingerprint density at radius 3 is 2.83 bits per heavy atom. The van der Waals surface area contributed by atoms with Crippen LogP contribution in [0.1, 0.15) is 5.56 Å². The van der Waals surface area contributed by atoms with Crippen LogP contribution in [0.2, 0.25) is 0 Å². The number of rotatable bonds is 3. The quantitative estimate of drug-likeness (QED) is 0.804. The van der Waals surface area contributed by atoms with E-state index in [-0.39, 0.29) is 0 Å². The average Bonchev–Trinajstić information content (AvgIpc) is 2.02. The van der Waals surface area contributed by atoms with Crippen LogP contribution in [0.5, 0.6) is 0 Å². The zero-order chi connectivity index (χ0) is 9.03. The van der Waals surface area contributed by atoms with E-state index in [1.807, 2.05) is 6.07 Å². The van der Waals surface area contributed by atoms with E-state index < -0.39 is 6.00 Å². The third-order valence-electron chi connectivity index (χ3n) is 1.19. The molecule has 0 saturated carbocycles. The highest BCUT2D eigenvalue weighted by Crippen LogP contribution is 2.52. The van der Waals surface area contributed by atoms with Crippen LogP contribution >= 0.6 is 28.5 Å². The SMILES string of the molecule is O=P(Cl)(Cl)NCc1cccnc1. The summed E-state index contributed by atoms with van der Waals surface area (Å²) in [7, 11) is 0. The lowest BCUT2D eigenvalue weighted by Crippen LogP contribution is -2.03. The molecule has 0 radical (unpaired) electrons.